The van der Waals surface area contributed by atoms with Gasteiger partial charge in [0.25, 0.3) is 0 Å². The van der Waals surface area contributed by atoms with Crippen molar-refractivity contribution in [3.05, 3.63) is 65.5 Å². The van der Waals surface area contributed by atoms with E-state index in [0.717, 1.165) is 39.2 Å². The van der Waals surface area contributed by atoms with Crippen LogP contribution in [-0.2, 0) is 6.54 Å². The Labute approximate surface area is 157 Å². The molecular formula is C21H20N4O2. The van der Waals surface area contributed by atoms with E-state index in [9.17, 15) is 0 Å². The molecule has 0 amide bonds. The van der Waals surface area contributed by atoms with Crippen molar-refractivity contribution in [3.63, 3.8) is 0 Å². The van der Waals surface area contributed by atoms with Gasteiger partial charge in [0.1, 0.15) is 11.6 Å². The molecule has 4 aromatic rings. The van der Waals surface area contributed by atoms with Crippen molar-refractivity contribution in [2.24, 2.45) is 0 Å². The van der Waals surface area contributed by atoms with Gasteiger partial charge < -0.3 is 14.6 Å². The van der Waals surface area contributed by atoms with Crippen LogP contribution in [0.5, 0.6) is 5.75 Å². The fourth-order valence-corrected chi connectivity index (χ4v) is 2.96. The summed E-state index contributed by atoms with van der Waals surface area (Å²) in [5.41, 5.74) is 3.99. The van der Waals surface area contributed by atoms with Crippen molar-refractivity contribution < 1.29 is 9.26 Å². The van der Waals surface area contributed by atoms with Gasteiger partial charge in [-0.1, -0.05) is 29.4 Å². The topological polar surface area (TPSA) is 73.1 Å². The summed E-state index contributed by atoms with van der Waals surface area (Å²) < 4.78 is 10.5. The molecular weight excluding hydrogens is 340 g/mol. The van der Waals surface area contributed by atoms with Crippen molar-refractivity contribution >= 4 is 16.7 Å². The molecule has 2 aromatic heterocycles. The lowest BCUT2D eigenvalue weighted by Crippen LogP contribution is -2.04. The van der Waals surface area contributed by atoms with Gasteiger partial charge in [-0.05, 0) is 42.3 Å². The summed E-state index contributed by atoms with van der Waals surface area (Å²) in [5.74, 6) is 2.59. The van der Waals surface area contributed by atoms with Crippen molar-refractivity contribution in [1.29, 1.82) is 0 Å². The van der Waals surface area contributed by atoms with Gasteiger partial charge in [-0.25, -0.2) is 4.98 Å². The standard InChI is InChI=1S/C21H20N4O2/c1-13-7-8-16-11-18(21-23-14(2)27-25-21)20(24-19(16)9-13)22-12-15-5-4-6-17(10-15)26-3/h4-11H,12H2,1-3H3,(H,22,24). The molecule has 6 heteroatoms. The third kappa shape index (κ3) is 3.60. The van der Waals surface area contributed by atoms with E-state index in [-0.39, 0.29) is 0 Å². The van der Waals surface area contributed by atoms with Crippen molar-refractivity contribution in [2.75, 3.05) is 12.4 Å². The molecule has 0 bridgehead atoms. The first-order chi connectivity index (χ1) is 13.1. The van der Waals surface area contributed by atoms with Crippen LogP contribution in [0, 0.1) is 13.8 Å². The van der Waals surface area contributed by atoms with Crippen LogP contribution in [0.4, 0.5) is 5.82 Å². The Kier molecular flexibility index (Phi) is 4.46. The number of aromatic nitrogens is 3. The largest absolute Gasteiger partial charge is 0.497 e. The lowest BCUT2D eigenvalue weighted by Gasteiger charge is -2.12. The normalized spacial score (nSPS) is 10.9. The number of hydrogen-bond donors (Lipinski definition) is 1. The first-order valence-corrected chi connectivity index (χ1v) is 8.71. The lowest BCUT2D eigenvalue weighted by molar-refractivity contribution is 0.394. The Morgan fingerprint density at radius 3 is 2.70 bits per heavy atom. The summed E-state index contributed by atoms with van der Waals surface area (Å²) in [6.45, 7) is 4.43. The molecule has 136 valence electrons. The molecule has 1 N–H and O–H groups in total. The smallest absolute Gasteiger partial charge is 0.223 e. The van der Waals surface area contributed by atoms with Crippen LogP contribution >= 0.6 is 0 Å². The molecule has 0 aliphatic heterocycles. The molecule has 0 atom stereocenters. The Morgan fingerprint density at radius 2 is 1.93 bits per heavy atom. The number of ether oxygens (including phenoxy) is 1. The number of methoxy groups -OCH3 is 1. The maximum atomic E-state index is 5.30. The molecule has 6 nitrogen and oxygen atoms in total. The second-order valence-electron chi connectivity index (χ2n) is 6.42. The fourth-order valence-electron chi connectivity index (χ4n) is 2.96. The maximum absolute atomic E-state index is 5.30. The summed E-state index contributed by atoms with van der Waals surface area (Å²) in [6, 6.07) is 16.2. The molecule has 0 aliphatic rings. The second kappa shape index (κ2) is 7.07. The Balaban J connectivity index is 1.74. The highest BCUT2D eigenvalue weighted by Gasteiger charge is 2.14. The number of nitrogens with zero attached hydrogens (tertiary/aromatic N) is 3. The zero-order chi connectivity index (χ0) is 18.8. The first-order valence-electron chi connectivity index (χ1n) is 8.71. The van der Waals surface area contributed by atoms with E-state index in [1.807, 2.05) is 30.3 Å². The molecule has 4 rings (SSSR count). The zero-order valence-electron chi connectivity index (χ0n) is 15.5. The number of hydrogen-bond acceptors (Lipinski definition) is 6. The van der Waals surface area contributed by atoms with Gasteiger partial charge in [-0.15, -0.1) is 0 Å². The van der Waals surface area contributed by atoms with Crippen molar-refractivity contribution in [2.45, 2.75) is 20.4 Å². The number of anilines is 1. The minimum absolute atomic E-state index is 0.521. The van der Waals surface area contributed by atoms with Crippen LogP contribution in [-0.4, -0.2) is 22.2 Å². The minimum atomic E-state index is 0.521. The molecule has 0 saturated carbocycles. The Bertz CT molecular complexity index is 1100. The summed E-state index contributed by atoms with van der Waals surface area (Å²) >= 11 is 0. The zero-order valence-corrected chi connectivity index (χ0v) is 15.5. The van der Waals surface area contributed by atoms with E-state index in [1.54, 1.807) is 14.0 Å². The maximum Gasteiger partial charge on any atom is 0.223 e. The van der Waals surface area contributed by atoms with Crippen LogP contribution in [0.2, 0.25) is 0 Å². The van der Waals surface area contributed by atoms with Crippen LogP contribution < -0.4 is 10.1 Å². The van der Waals surface area contributed by atoms with Gasteiger partial charge in [-0.2, -0.15) is 4.98 Å². The van der Waals surface area contributed by atoms with E-state index in [4.69, 9.17) is 14.2 Å². The predicted octanol–water partition coefficient (Wildman–Crippen LogP) is 4.52. The first kappa shape index (κ1) is 17.0. The highest BCUT2D eigenvalue weighted by molar-refractivity contribution is 5.88. The van der Waals surface area contributed by atoms with E-state index in [0.29, 0.717) is 18.3 Å². The number of nitrogens with one attached hydrogen (secondary N) is 1. The number of pyridine rings is 1. The van der Waals surface area contributed by atoms with Crippen LogP contribution in [0.1, 0.15) is 17.0 Å². The van der Waals surface area contributed by atoms with E-state index in [2.05, 4.69) is 40.6 Å². The summed E-state index contributed by atoms with van der Waals surface area (Å²) in [6.07, 6.45) is 0. The van der Waals surface area contributed by atoms with Crippen LogP contribution in [0.15, 0.2) is 53.1 Å². The van der Waals surface area contributed by atoms with Crippen LogP contribution in [0.3, 0.4) is 0 Å². The molecule has 0 unspecified atom stereocenters. The van der Waals surface area contributed by atoms with E-state index in [1.165, 1.54) is 0 Å². The molecule has 0 radical (unpaired) electrons. The third-order valence-electron chi connectivity index (χ3n) is 4.34. The fraction of sp³-hybridized carbons (Fsp3) is 0.190. The van der Waals surface area contributed by atoms with Gasteiger partial charge >= 0.3 is 0 Å². The van der Waals surface area contributed by atoms with Gasteiger partial charge in [0.15, 0.2) is 0 Å². The lowest BCUT2D eigenvalue weighted by atomic mass is 10.1. The third-order valence-corrected chi connectivity index (χ3v) is 4.34. The molecule has 0 aliphatic carbocycles. The van der Waals surface area contributed by atoms with Gasteiger partial charge in [-0.3, -0.25) is 0 Å². The van der Waals surface area contributed by atoms with Gasteiger partial charge in [0.05, 0.1) is 18.2 Å². The number of benzene rings is 2. The quantitative estimate of drug-likeness (QED) is 0.564. The summed E-state index contributed by atoms with van der Waals surface area (Å²) in [4.78, 5) is 9.19. The molecule has 0 fully saturated rings. The second-order valence-corrected chi connectivity index (χ2v) is 6.42. The summed E-state index contributed by atoms with van der Waals surface area (Å²) in [7, 11) is 1.66. The molecule has 2 heterocycles. The Morgan fingerprint density at radius 1 is 1.04 bits per heavy atom. The monoisotopic (exact) mass is 360 g/mol. The molecule has 0 saturated heterocycles. The predicted molar refractivity (Wildman–Crippen MR) is 105 cm³/mol. The van der Waals surface area contributed by atoms with Gasteiger partial charge in [0, 0.05) is 18.9 Å². The SMILES string of the molecule is COc1cccc(CNc2nc3cc(C)ccc3cc2-c2noc(C)n2)c1. The van der Waals surface area contributed by atoms with Crippen molar-refractivity contribution in [3.8, 4) is 17.1 Å². The van der Waals surface area contributed by atoms with Gasteiger partial charge in [0.2, 0.25) is 11.7 Å². The van der Waals surface area contributed by atoms with E-state index < -0.39 is 0 Å². The minimum Gasteiger partial charge on any atom is -0.497 e. The number of aryl methyl sites for hydroxylation is 2. The van der Waals surface area contributed by atoms with Crippen LogP contribution in [0.25, 0.3) is 22.3 Å². The molecule has 27 heavy (non-hydrogen) atoms. The highest BCUT2D eigenvalue weighted by atomic mass is 16.5. The number of rotatable bonds is 5. The average molecular weight is 360 g/mol. The number of fused-ring (bicyclic) bond motifs is 1. The van der Waals surface area contributed by atoms with E-state index >= 15 is 0 Å². The summed E-state index contributed by atoms with van der Waals surface area (Å²) in [5, 5.41) is 8.51. The molecule has 2 aromatic carbocycles. The Hall–Kier alpha value is -3.41. The average Bonchev–Trinajstić information content (AvgIpc) is 3.12. The highest BCUT2D eigenvalue weighted by Crippen LogP contribution is 2.29. The molecule has 0 spiro atoms. The van der Waals surface area contributed by atoms with Crippen molar-refractivity contribution in [1.82, 2.24) is 15.1 Å².